The van der Waals surface area contributed by atoms with Crippen LogP contribution in [0.25, 0.3) is 0 Å². The van der Waals surface area contributed by atoms with Gasteiger partial charge in [0.05, 0.1) is 17.7 Å². The van der Waals surface area contributed by atoms with Crippen LogP contribution in [0, 0.1) is 0 Å². The molecule has 1 aromatic rings. The zero-order chi connectivity index (χ0) is 12.5. The minimum Gasteiger partial charge on any atom is -0.508 e. The molecule has 0 aliphatic carbocycles. The molecule has 17 heavy (non-hydrogen) atoms. The number of ether oxygens (including phenoxy) is 1. The number of hydrogen-bond acceptors (Lipinski definition) is 4. The fourth-order valence-electron chi connectivity index (χ4n) is 1.82. The van der Waals surface area contributed by atoms with Crippen molar-refractivity contribution >= 4 is 5.91 Å². The number of phenols is 2. The number of rotatable bonds is 2. The van der Waals surface area contributed by atoms with E-state index < -0.39 is 0 Å². The van der Waals surface area contributed by atoms with Crippen molar-refractivity contribution in [3.05, 3.63) is 23.8 Å². The van der Waals surface area contributed by atoms with Crippen molar-refractivity contribution in [3.8, 4) is 11.5 Å². The molecule has 1 amide bonds. The molecule has 0 saturated carbocycles. The van der Waals surface area contributed by atoms with Gasteiger partial charge in [-0.05, 0) is 25.5 Å². The number of amides is 1. The first-order valence-electron chi connectivity index (χ1n) is 5.42. The molecule has 1 aliphatic heterocycles. The standard InChI is InChI=1S/C12H15NO4/c1-12(4-5-17-7-12)13-11(16)9-3-2-8(14)6-10(9)15/h2-3,6,14-15H,4-5,7H2,1H3,(H,13,16). The average molecular weight is 237 g/mol. The molecule has 1 saturated heterocycles. The molecular weight excluding hydrogens is 222 g/mol. The average Bonchev–Trinajstić information content (AvgIpc) is 2.64. The smallest absolute Gasteiger partial charge is 0.255 e. The SMILES string of the molecule is CC1(NC(=O)c2ccc(O)cc2O)CCOC1. The number of carbonyl (C=O) groups is 1. The van der Waals surface area contributed by atoms with Gasteiger partial charge in [-0.1, -0.05) is 0 Å². The number of hydrogen-bond donors (Lipinski definition) is 3. The van der Waals surface area contributed by atoms with E-state index >= 15 is 0 Å². The second-order valence-corrected chi connectivity index (χ2v) is 4.52. The molecule has 1 unspecified atom stereocenters. The van der Waals surface area contributed by atoms with E-state index in [1.54, 1.807) is 0 Å². The van der Waals surface area contributed by atoms with Crippen LogP contribution < -0.4 is 5.32 Å². The third kappa shape index (κ3) is 2.50. The van der Waals surface area contributed by atoms with Crippen molar-refractivity contribution in [1.29, 1.82) is 0 Å². The second-order valence-electron chi connectivity index (χ2n) is 4.52. The van der Waals surface area contributed by atoms with Gasteiger partial charge >= 0.3 is 0 Å². The zero-order valence-corrected chi connectivity index (χ0v) is 9.56. The lowest BCUT2D eigenvalue weighted by Gasteiger charge is -2.23. The number of benzene rings is 1. The Balaban J connectivity index is 2.14. The summed E-state index contributed by atoms with van der Waals surface area (Å²) >= 11 is 0. The molecule has 0 radical (unpaired) electrons. The van der Waals surface area contributed by atoms with Crippen LogP contribution in [0.15, 0.2) is 18.2 Å². The van der Waals surface area contributed by atoms with Crippen LogP contribution >= 0.6 is 0 Å². The van der Waals surface area contributed by atoms with Gasteiger partial charge in [-0.15, -0.1) is 0 Å². The molecule has 1 aromatic carbocycles. The monoisotopic (exact) mass is 237 g/mol. The number of aromatic hydroxyl groups is 2. The van der Waals surface area contributed by atoms with Gasteiger partial charge in [0.2, 0.25) is 0 Å². The van der Waals surface area contributed by atoms with E-state index in [2.05, 4.69) is 5.32 Å². The minimum atomic E-state index is -0.387. The van der Waals surface area contributed by atoms with E-state index in [9.17, 15) is 9.90 Å². The van der Waals surface area contributed by atoms with Gasteiger partial charge in [0.15, 0.2) is 0 Å². The molecule has 1 aliphatic rings. The Bertz CT molecular complexity index is 438. The first-order valence-corrected chi connectivity index (χ1v) is 5.42. The Morgan fingerprint density at radius 1 is 1.47 bits per heavy atom. The summed E-state index contributed by atoms with van der Waals surface area (Å²) in [5.41, 5.74) is -0.238. The van der Waals surface area contributed by atoms with E-state index in [1.165, 1.54) is 12.1 Å². The molecule has 3 N–H and O–H groups in total. The van der Waals surface area contributed by atoms with E-state index in [0.29, 0.717) is 13.2 Å². The molecule has 1 atom stereocenters. The largest absolute Gasteiger partial charge is 0.508 e. The summed E-state index contributed by atoms with van der Waals surface area (Å²) in [6, 6.07) is 3.89. The summed E-state index contributed by atoms with van der Waals surface area (Å²) in [6.07, 6.45) is 0.748. The molecule has 0 aromatic heterocycles. The third-order valence-electron chi connectivity index (χ3n) is 2.86. The van der Waals surface area contributed by atoms with Gasteiger partial charge in [0.1, 0.15) is 11.5 Å². The maximum absolute atomic E-state index is 11.9. The minimum absolute atomic E-state index is 0.0746. The molecule has 5 heteroatoms. The van der Waals surface area contributed by atoms with Crippen molar-refractivity contribution in [1.82, 2.24) is 5.32 Å². The van der Waals surface area contributed by atoms with E-state index in [-0.39, 0.29) is 28.5 Å². The zero-order valence-electron chi connectivity index (χ0n) is 9.56. The van der Waals surface area contributed by atoms with E-state index in [1.807, 2.05) is 6.92 Å². The quantitative estimate of drug-likeness (QED) is 0.717. The molecule has 1 fully saturated rings. The Morgan fingerprint density at radius 2 is 2.24 bits per heavy atom. The van der Waals surface area contributed by atoms with Crippen molar-refractivity contribution in [2.75, 3.05) is 13.2 Å². The number of carbonyl (C=O) groups excluding carboxylic acids is 1. The molecule has 5 nitrogen and oxygen atoms in total. The van der Waals surface area contributed by atoms with Crippen molar-refractivity contribution in [2.45, 2.75) is 18.9 Å². The second kappa shape index (κ2) is 4.25. The predicted molar refractivity (Wildman–Crippen MR) is 61.1 cm³/mol. The Hall–Kier alpha value is -1.75. The van der Waals surface area contributed by atoms with E-state index in [0.717, 1.165) is 12.5 Å². The highest BCUT2D eigenvalue weighted by Gasteiger charge is 2.32. The van der Waals surface area contributed by atoms with Crippen LogP contribution in [0.5, 0.6) is 11.5 Å². The van der Waals surface area contributed by atoms with E-state index in [4.69, 9.17) is 9.84 Å². The summed E-state index contributed by atoms with van der Waals surface area (Å²) < 4.78 is 5.23. The molecule has 0 spiro atoms. The lowest BCUT2D eigenvalue weighted by molar-refractivity contribution is 0.0887. The van der Waals surface area contributed by atoms with Crippen LogP contribution in [0.3, 0.4) is 0 Å². The molecular formula is C12H15NO4. The molecule has 0 bridgehead atoms. The van der Waals surface area contributed by atoms with Crippen LogP contribution in [-0.4, -0.2) is 34.9 Å². The van der Waals surface area contributed by atoms with Crippen LogP contribution in [-0.2, 0) is 4.74 Å². The van der Waals surface area contributed by atoms with Crippen LogP contribution in [0.4, 0.5) is 0 Å². The van der Waals surface area contributed by atoms with Gasteiger partial charge < -0.3 is 20.3 Å². The number of phenolic OH excluding ortho intramolecular Hbond substituents is 2. The van der Waals surface area contributed by atoms with Gasteiger partial charge in [-0.3, -0.25) is 4.79 Å². The fourth-order valence-corrected chi connectivity index (χ4v) is 1.82. The third-order valence-corrected chi connectivity index (χ3v) is 2.86. The highest BCUT2D eigenvalue weighted by atomic mass is 16.5. The van der Waals surface area contributed by atoms with Crippen molar-refractivity contribution < 1.29 is 19.7 Å². The summed E-state index contributed by atoms with van der Waals surface area (Å²) in [7, 11) is 0. The highest BCUT2D eigenvalue weighted by Crippen LogP contribution is 2.24. The van der Waals surface area contributed by atoms with Crippen LogP contribution in [0.2, 0.25) is 0 Å². The van der Waals surface area contributed by atoms with Crippen molar-refractivity contribution in [3.63, 3.8) is 0 Å². The highest BCUT2D eigenvalue weighted by molar-refractivity contribution is 5.97. The normalized spacial score (nSPS) is 23.6. The van der Waals surface area contributed by atoms with Gasteiger partial charge in [0, 0.05) is 12.7 Å². The lowest BCUT2D eigenvalue weighted by Crippen LogP contribution is -2.46. The Morgan fingerprint density at radius 3 is 2.82 bits per heavy atom. The summed E-state index contributed by atoms with van der Waals surface area (Å²) in [5.74, 6) is -0.671. The summed E-state index contributed by atoms with van der Waals surface area (Å²) in [4.78, 5) is 11.9. The lowest BCUT2D eigenvalue weighted by atomic mass is 10.0. The molecule has 1 heterocycles. The maximum Gasteiger partial charge on any atom is 0.255 e. The number of nitrogens with one attached hydrogen (secondary N) is 1. The van der Waals surface area contributed by atoms with Gasteiger partial charge in [-0.2, -0.15) is 0 Å². The Labute approximate surface area is 99.0 Å². The Kier molecular flexibility index (Phi) is 2.93. The summed E-state index contributed by atoms with van der Waals surface area (Å²) in [5, 5.41) is 21.5. The topological polar surface area (TPSA) is 78.8 Å². The first-order chi connectivity index (χ1) is 8.00. The van der Waals surface area contributed by atoms with Gasteiger partial charge in [0.25, 0.3) is 5.91 Å². The van der Waals surface area contributed by atoms with Crippen LogP contribution in [0.1, 0.15) is 23.7 Å². The molecule has 92 valence electrons. The van der Waals surface area contributed by atoms with Gasteiger partial charge in [-0.25, -0.2) is 0 Å². The van der Waals surface area contributed by atoms with Crippen molar-refractivity contribution in [2.24, 2.45) is 0 Å². The maximum atomic E-state index is 11.9. The molecule has 2 rings (SSSR count). The summed E-state index contributed by atoms with van der Waals surface area (Å²) in [6.45, 7) is 2.99. The first kappa shape index (κ1) is 11.7. The predicted octanol–water partition coefficient (Wildman–Crippen LogP) is 1.01. The fraction of sp³-hybridized carbons (Fsp3) is 0.417.